The van der Waals surface area contributed by atoms with E-state index in [0.717, 1.165) is 5.56 Å². The molecule has 0 aromatic heterocycles. The van der Waals surface area contributed by atoms with E-state index in [0.29, 0.717) is 19.5 Å². The minimum atomic E-state index is -0.449. The number of nitrogens with zero attached hydrogens (tertiary/aromatic N) is 1. The van der Waals surface area contributed by atoms with Crippen molar-refractivity contribution in [2.45, 2.75) is 19.0 Å². The molecule has 1 aromatic rings. The van der Waals surface area contributed by atoms with Gasteiger partial charge in [-0.05, 0) is 24.1 Å². The number of hydrogen-bond donors (Lipinski definition) is 1. The van der Waals surface area contributed by atoms with Crippen molar-refractivity contribution in [2.24, 2.45) is 5.73 Å². The first kappa shape index (κ1) is 11.4. The van der Waals surface area contributed by atoms with Gasteiger partial charge in [-0.2, -0.15) is 0 Å². The molecule has 0 radical (unpaired) electrons. The Morgan fingerprint density at radius 3 is 2.88 bits per heavy atom. The van der Waals surface area contributed by atoms with Crippen molar-refractivity contribution in [3.63, 3.8) is 0 Å². The molecule has 0 saturated carbocycles. The van der Waals surface area contributed by atoms with Crippen LogP contribution in [0.25, 0.3) is 0 Å². The molecule has 86 valence electrons. The van der Waals surface area contributed by atoms with Crippen LogP contribution in [-0.4, -0.2) is 23.4 Å². The monoisotopic (exact) mass is 242 g/mol. The van der Waals surface area contributed by atoms with E-state index in [2.05, 4.69) is 0 Å². The van der Waals surface area contributed by atoms with Crippen LogP contribution in [-0.2, 0) is 11.3 Å². The molecule has 1 atom stereocenters. The molecule has 1 amide bonds. The quantitative estimate of drug-likeness (QED) is 0.855. The average Bonchev–Trinajstić information content (AvgIpc) is 2.55. The van der Waals surface area contributed by atoms with E-state index in [1.54, 1.807) is 11.0 Å². The predicted octanol–water partition coefficient (Wildman–Crippen LogP) is 1.54. The molecular weight excluding hydrogens is 231 g/mol. The largest absolute Gasteiger partial charge is 0.337 e. The molecule has 1 aliphatic heterocycles. The minimum Gasteiger partial charge on any atom is -0.337 e. The number of amides is 1. The third-order valence-corrected chi connectivity index (χ3v) is 2.99. The summed E-state index contributed by atoms with van der Waals surface area (Å²) < 4.78 is 12.9. The van der Waals surface area contributed by atoms with Crippen molar-refractivity contribution in [1.82, 2.24) is 4.90 Å². The molecule has 16 heavy (non-hydrogen) atoms. The van der Waals surface area contributed by atoms with Crippen LogP contribution >= 0.6 is 11.6 Å². The lowest BCUT2D eigenvalue weighted by molar-refractivity contribution is -0.129. The van der Waals surface area contributed by atoms with Crippen molar-refractivity contribution in [3.8, 4) is 0 Å². The summed E-state index contributed by atoms with van der Waals surface area (Å²) in [6.07, 6.45) is 0.674. The first-order valence-electron chi connectivity index (χ1n) is 5.06. The molecule has 0 unspecified atom stereocenters. The fourth-order valence-electron chi connectivity index (χ4n) is 1.78. The van der Waals surface area contributed by atoms with Gasteiger partial charge in [-0.25, -0.2) is 4.39 Å². The van der Waals surface area contributed by atoms with Gasteiger partial charge in [0.05, 0.1) is 11.1 Å². The maximum Gasteiger partial charge on any atom is 0.239 e. The highest BCUT2D eigenvalue weighted by Crippen LogP contribution is 2.19. The summed E-state index contributed by atoms with van der Waals surface area (Å²) in [5.74, 6) is -0.504. The minimum absolute atomic E-state index is 0.0551. The normalized spacial score (nSPS) is 20.6. The van der Waals surface area contributed by atoms with Crippen LogP contribution in [0.4, 0.5) is 4.39 Å². The summed E-state index contributed by atoms with van der Waals surface area (Å²) in [6, 6.07) is 4.07. The van der Waals surface area contributed by atoms with Crippen LogP contribution in [0.5, 0.6) is 0 Å². The Bertz CT molecular complexity index is 424. The van der Waals surface area contributed by atoms with E-state index in [4.69, 9.17) is 17.3 Å². The molecule has 5 heteroatoms. The first-order valence-corrected chi connectivity index (χ1v) is 5.44. The Balaban J connectivity index is 2.10. The number of likely N-dealkylation sites (tertiary alicyclic amines) is 1. The fourth-order valence-corrected chi connectivity index (χ4v) is 1.98. The van der Waals surface area contributed by atoms with Gasteiger partial charge in [-0.3, -0.25) is 4.79 Å². The third kappa shape index (κ3) is 2.18. The van der Waals surface area contributed by atoms with Crippen molar-refractivity contribution in [1.29, 1.82) is 0 Å². The Morgan fingerprint density at radius 1 is 1.56 bits per heavy atom. The van der Waals surface area contributed by atoms with E-state index in [9.17, 15) is 9.18 Å². The van der Waals surface area contributed by atoms with Gasteiger partial charge in [0.2, 0.25) is 5.91 Å². The zero-order chi connectivity index (χ0) is 11.7. The molecule has 1 fully saturated rings. The maximum absolute atomic E-state index is 12.9. The predicted molar refractivity (Wildman–Crippen MR) is 59.4 cm³/mol. The summed E-state index contributed by atoms with van der Waals surface area (Å²) in [4.78, 5) is 13.2. The van der Waals surface area contributed by atoms with Crippen molar-refractivity contribution in [3.05, 3.63) is 34.6 Å². The Kier molecular flexibility index (Phi) is 3.12. The number of rotatable bonds is 2. The Labute approximate surface area is 98.0 Å². The van der Waals surface area contributed by atoms with Crippen LogP contribution in [0.15, 0.2) is 18.2 Å². The lowest BCUT2D eigenvalue weighted by Gasteiger charge is -2.16. The standard InChI is InChI=1S/C11H12ClFN2O/c12-8-5-7(1-2-9(8)13)6-15-4-3-10(14)11(15)16/h1-2,5,10H,3-4,6,14H2/t10-/m1/s1. The van der Waals surface area contributed by atoms with Crippen LogP contribution in [0.1, 0.15) is 12.0 Å². The number of hydrogen-bond acceptors (Lipinski definition) is 2. The molecule has 0 aliphatic carbocycles. The lowest BCUT2D eigenvalue weighted by Crippen LogP contribution is -2.33. The summed E-state index contributed by atoms with van der Waals surface area (Å²) >= 11 is 5.66. The molecule has 2 N–H and O–H groups in total. The van der Waals surface area contributed by atoms with Gasteiger partial charge in [0.1, 0.15) is 5.82 Å². The van der Waals surface area contributed by atoms with Crippen LogP contribution in [0, 0.1) is 5.82 Å². The topological polar surface area (TPSA) is 46.3 Å². The number of benzene rings is 1. The number of carbonyl (C=O) groups is 1. The van der Waals surface area contributed by atoms with Crippen LogP contribution in [0.3, 0.4) is 0 Å². The first-order chi connectivity index (χ1) is 7.58. The van der Waals surface area contributed by atoms with Gasteiger partial charge in [0, 0.05) is 13.1 Å². The number of halogens is 2. The highest BCUT2D eigenvalue weighted by molar-refractivity contribution is 6.30. The second-order valence-electron chi connectivity index (χ2n) is 3.90. The molecule has 1 heterocycles. The summed E-state index contributed by atoms with van der Waals surface area (Å²) in [6.45, 7) is 1.08. The molecule has 0 bridgehead atoms. The molecule has 3 nitrogen and oxygen atoms in total. The second-order valence-corrected chi connectivity index (χ2v) is 4.31. The fraction of sp³-hybridized carbons (Fsp3) is 0.364. The molecule has 1 saturated heterocycles. The number of carbonyl (C=O) groups excluding carboxylic acids is 1. The van der Waals surface area contributed by atoms with Gasteiger partial charge in [-0.1, -0.05) is 17.7 Å². The van der Waals surface area contributed by atoms with Gasteiger partial charge < -0.3 is 10.6 Å². The highest BCUT2D eigenvalue weighted by Gasteiger charge is 2.28. The molecule has 1 aromatic carbocycles. The second kappa shape index (κ2) is 4.39. The van der Waals surface area contributed by atoms with E-state index in [-0.39, 0.29) is 10.9 Å². The molecule has 2 rings (SSSR count). The van der Waals surface area contributed by atoms with Gasteiger partial charge in [0.15, 0.2) is 0 Å². The lowest BCUT2D eigenvalue weighted by atomic mass is 10.2. The average molecular weight is 243 g/mol. The summed E-state index contributed by atoms with van der Waals surface area (Å²) in [5.41, 5.74) is 6.41. The SMILES string of the molecule is N[C@@H]1CCN(Cc2ccc(F)c(Cl)c2)C1=O. The van der Waals surface area contributed by atoms with Crippen molar-refractivity contribution < 1.29 is 9.18 Å². The zero-order valence-corrected chi connectivity index (χ0v) is 9.38. The van der Waals surface area contributed by atoms with Crippen molar-refractivity contribution >= 4 is 17.5 Å². The summed E-state index contributed by atoms with van der Waals surface area (Å²) in [7, 11) is 0. The zero-order valence-electron chi connectivity index (χ0n) is 8.62. The maximum atomic E-state index is 12.9. The van der Waals surface area contributed by atoms with E-state index in [1.807, 2.05) is 0 Å². The van der Waals surface area contributed by atoms with E-state index in [1.165, 1.54) is 12.1 Å². The van der Waals surface area contributed by atoms with Crippen LogP contribution in [0.2, 0.25) is 5.02 Å². The molecule has 1 aliphatic rings. The smallest absolute Gasteiger partial charge is 0.239 e. The number of nitrogens with two attached hydrogens (primary N) is 1. The third-order valence-electron chi connectivity index (χ3n) is 2.70. The highest BCUT2D eigenvalue weighted by atomic mass is 35.5. The Hall–Kier alpha value is -1.13. The van der Waals surface area contributed by atoms with Gasteiger partial charge in [0.25, 0.3) is 0 Å². The van der Waals surface area contributed by atoms with Gasteiger partial charge in [-0.15, -0.1) is 0 Å². The van der Waals surface area contributed by atoms with Gasteiger partial charge >= 0.3 is 0 Å². The van der Waals surface area contributed by atoms with Crippen LogP contribution < -0.4 is 5.73 Å². The molecule has 0 spiro atoms. The van der Waals surface area contributed by atoms with E-state index >= 15 is 0 Å². The van der Waals surface area contributed by atoms with E-state index < -0.39 is 11.9 Å². The van der Waals surface area contributed by atoms with Crippen molar-refractivity contribution in [2.75, 3.05) is 6.54 Å². The Morgan fingerprint density at radius 2 is 2.31 bits per heavy atom. The summed E-state index contributed by atoms with van der Waals surface area (Å²) in [5, 5.41) is 0.0773. The molecular formula is C11H12ClFN2O.